The molecule has 6 N–H and O–H groups in total. The average Bonchev–Trinajstić information content (AvgIpc) is 2.62. The maximum absolute atomic E-state index is 12.9. The van der Waals surface area contributed by atoms with E-state index >= 15 is 0 Å². The fourth-order valence-electron chi connectivity index (χ4n) is 3.26. The van der Waals surface area contributed by atoms with E-state index in [0.717, 1.165) is 0 Å². The topological polar surface area (TPSA) is 154 Å². The van der Waals surface area contributed by atoms with Crippen LogP contribution < -0.4 is 21.9 Å². The molecule has 1 aliphatic heterocycles. The van der Waals surface area contributed by atoms with Crippen molar-refractivity contribution >= 4 is 23.3 Å². The number of pyridine rings is 1. The van der Waals surface area contributed by atoms with Gasteiger partial charge in [-0.1, -0.05) is 6.08 Å². The third kappa shape index (κ3) is 6.02. The number of ketones is 1. The number of nitrogens with one attached hydrogen (secondary N) is 3. The van der Waals surface area contributed by atoms with Crippen molar-refractivity contribution in [3.05, 3.63) is 39.8 Å². The molecule has 0 aliphatic carbocycles. The van der Waals surface area contributed by atoms with Crippen molar-refractivity contribution in [1.82, 2.24) is 15.6 Å². The molecule has 0 aromatic carbocycles. The maximum Gasteiger partial charge on any atom is 0.254 e. The fourth-order valence-corrected chi connectivity index (χ4v) is 3.26. The summed E-state index contributed by atoms with van der Waals surface area (Å²) in [7, 11) is 0. The SMILES string of the molecule is Cc1cc(N)c(C2CC(=O)C(C)NC(=O)C=CC(O)CCC(C)NC2=O)c(=O)[nH]1. The molecule has 0 radical (unpaired) electrons. The predicted octanol–water partition coefficient (Wildman–Crippen LogP) is 0.0286. The lowest BCUT2D eigenvalue weighted by molar-refractivity contribution is -0.129. The Morgan fingerprint density at radius 2 is 1.79 bits per heavy atom. The summed E-state index contributed by atoms with van der Waals surface area (Å²) in [6, 6.07) is 0.337. The van der Waals surface area contributed by atoms with Gasteiger partial charge in [0.1, 0.15) is 0 Å². The third-order valence-electron chi connectivity index (χ3n) is 4.90. The molecular weight excluding hydrogens is 376 g/mol. The Morgan fingerprint density at radius 1 is 1.10 bits per heavy atom. The molecule has 2 heterocycles. The summed E-state index contributed by atoms with van der Waals surface area (Å²) >= 11 is 0. The molecule has 158 valence electrons. The van der Waals surface area contributed by atoms with Crippen LogP contribution in [0.2, 0.25) is 0 Å². The van der Waals surface area contributed by atoms with E-state index in [1.165, 1.54) is 25.1 Å². The van der Waals surface area contributed by atoms with Gasteiger partial charge in [0.05, 0.1) is 23.6 Å². The van der Waals surface area contributed by atoms with E-state index in [1.807, 2.05) is 0 Å². The normalized spacial score (nSPS) is 27.1. The number of nitrogen functional groups attached to an aromatic ring is 1. The Bertz CT molecular complexity index is 876. The predicted molar refractivity (Wildman–Crippen MR) is 108 cm³/mol. The molecule has 0 bridgehead atoms. The first-order chi connectivity index (χ1) is 13.6. The molecule has 29 heavy (non-hydrogen) atoms. The van der Waals surface area contributed by atoms with Crippen LogP contribution in [0, 0.1) is 6.92 Å². The van der Waals surface area contributed by atoms with Gasteiger partial charge in [-0.2, -0.15) is 0 Å². The van der Waals surface area contributed by atoms with Crippen molar-refractivity contribution < 1.29 is 19.5 Å². The van der Waals surface area contributed by atoms with Gasteiger partial charge in [0.15, 0.2) is 5.78 Å². The van der Waals surface area contributed by atoms with Crippen LogP contribution in [-0.4, -0.2) is 45.9 Å². The van der Waals surface area contributed by atoms with Crippen molar-refractivity contribution in [2.45, 2.75) is 64.1 Å². The number of aryl methyl sites for hydroxylation is 1. The van der Waals surface area contributed by atoms with Crippen molar-refractivity contribution in [2.24, 2.45) is 0 Å². The fraction of sp³-hybridized carbons (Fsp3) is 0.500. The molecule has 2 amide bonds. The van der Waals surface area contributed by atoms with Crippen LogP contribution in [0.25, 0.3) is 0 Å². The monoisotopic (exact) mass is 404 g/mol. The van der Waals surface area contributed by atoms with E-state index in [2.05, 4.69) is 15.6 Å². The minimum Gasteiger partial charge on any atom is -0.398 e. The highest BCUT2D eigenvalue weighted by molar-refractivity contribution is 5.96. The van der Waals surface area contributed by atoms with Crippen LogP contribution in [0.4, 0.5) is 5.69 Å². The number of hydrogen-bond donors (Lipinski definition) is 5. The molecule has 4 unspecified atom stereocenters. The third-order valence-corrected chi connectivity index (χ3v) is 4.90. The number of H-pyrrole nitrogens is 1. The number of nitrogens with two attached hydrogens (primary N) is 1. The van der Waals surface area contributed by atoms with E-state index in [9.17, 15) is 24.3 Å². The highest BCUT2D eigenvalue weighted by atomic mass is 16.3. The summed E-state index contributed by atoms with van der Waals surface area (Å²) in [6.45, 7) is 4.92. The first-order valence-electron chi connectivity index (χ1n) is 9.57. The lowest BCUT2D eigenvalue weighted by atomic mass is 9.90. The number of rotatable bonds is 1. The minimum atomic E-state index is -1.10. The molecule has 0 saturated heterocycles. The number of Topliss-reactive ketones (excluding diaryl/α,β-unsaturated/α-hetero) is 1. The molecule has 1 aliphatic rings. The summed E-state index contributed by atoms with van der Waals surface area (Å²) < 4.78 is 0. The zero-order valence-electron chi connectivity index (χ0n) is 16.8. The van der Waals surface area contributed by atoms with Crippen molar-refractivity contribution in [3.63, 3.8) is 0 Å². The van der Waals surface area contributed by atoms with Crippen molar-refractivity contribution in [2.75, 3.05) is 5.73 Å². The number of carbonyl (C=O) groups is 3. The smallest absolute Gasteiger partial charge is 0.254 e. The summed E-state index contributed by atoms with van der Waals surface area (Å²) in [5.74, 6) is -2.55. The molecule has 9 nitrogen and oxygen atoms in total. The highest BCUT2D eigenvalue weighted by Crippen LogP contribution is 2.24. The molecule has 1 aromatic heterocycles. The Balaban J connectivity index is 2.43. The van der Waals surface area contributed by atoms with Crippen LogP contribution in [0.5, 0.6) is 0 Å². The molecule has 0 spiro atoms. The average molecular weight is 404 g/mol. The number of anilines is 1. The number of amides is 2. The zero-order valence-corrected chi connectivity index (χ0v) is 16.8. The molecule has 1 aromatic rings. The van der Waals surface area contributed by atoms with E-state index in [4.69, 9.17) is 5.73 Å². The number of aromatic amines is 1. The second-order valence-electron chi connectivity index (χ2n) is 7.52. The van der Waals surface area contributed by atoms with Gasteiger partial charge in [-0.25, -0.2) is 0 Å². The van der Waals surface area contributed by atoms with Crippen LogP contribution in [0.15, 0.2) is 23.0 Å². The largest absolute Gasteiger partial charge is 0.398 e. The van der Waals surface area contributed by atoms with Gasteiger partial charge in [0.2, 0.25) is 11.8 Å². The molecule has 4 atom stereocenters. The van der Waals surface area contributed by atoms with Gasteiger partial charge >= 0.3 is 0 Å². The van der Waals surface area contributed by atoms with Crippen LogP contribution in [0.1, 0.15) is 50.3 Å². The maximum atomic E-state index is 12.9. The number of aliphatic hydroxyl groups excluding tert-OH is 1. The van der Waals surface area contributed by atoms with E-state index in [0.29, 0.717) is 18.5 Å². The second-order valence-corrected chi connectivity index (χ2v) is 7.52. The number of aliphatic hydroxyl groups is 1. The summed E-state index contributed by atoms with van der Waals surface area (Å²) in [5, 5.41) is 15.3. The van der Waals surface area contributed by atoms with Crippen molar-refractivity contribution in [3.8, 4) is 0 Å². The first-order valence-corrected chi connectivity index (χ1v) is 9.57. The molecular formula is C20H28N4O5. The minimum absolute atomic E-state index is 0.0270. The summed E-state index contributed by atoms with van der Waals surface area (Å²) in [6.07, 6.45) is 2.15. The standard InChI is InChI=1S/C20H28N4O5/c1-10-4-5-13(25)6-7-17(27)24-12(3)16(26)9-14(19(28)22-10)18-15(21)8-11(2)23-20(18)29/h6-8,10,12-14,25H,4-5,9H2,1-3H3,(H,22,28)(H,24,27)(H3,21,23,29). The van der Waals surface area contributed by atoms with E-state index in [-0.39, 0.29) is 23.7 Å². The van der Waals surface area contributed by atoms with Gasteiger partial charge in [-0.3, -0.25) is 19.2 Å². The Morgan fingerprint density at radius 3 is 2.45 bits per heavy atom. The van der Waals surface area contributed by atoms with Crippen molar-refractivity contribution in [1.29, 1.82) is 0 Å². The van der Waals surface area contributed by atoms with Gasteiger partial charge in [0.25, 0.3) is 5.56 Å². The highest BCUT2D eigenvalue weighted by Gasteiger charge is 2.31. The van der Waals surface area contributed by atoms with E-state index < -0.39 is 41.2 Å². The van der Waals surface area contributed by atoms with Gasteiger partial charge in [-0.05, 0) is 39.7 Å². The van der Waals surface area contributed by atoms with Crippen LogP contribution in [0.3, 0.4) is 0 Å². The quantitative estimate of drug-likeness (QED) is 0.445. The summed E-state index contributed by atoms with van der Waals surface area (Å²) in [5.41, 5.74) is 6.18. The number of carbonyl (C=O) groups excluding carboxylic acids is 3. The van der Waals surface area contributed by atoms with Crippen LogP contribution in [-0.2, 0) is 14.4 Å². The molecule has 0 saturated carbocycles. The lowest BCUT2D eigenvalue weighted by Gasteiger charge is -2.23. The van der Waals surface area contributed by atoms with E-state index in [1.54, 1.807) is 13.8 Å². The first kappa shape index (κ1) is 22.4. The second kappa shape index (κ2) is 9.51. The Hall–Kier alpha value is -2.94. The number of hydrogen-bond acceptors (Lipinski definition) is 6. The summed E-state index contributed by atoms with van der Waals surface area (Å²) in [4.78, 5) is 52.7. The molecule has 9 heteroatoms. The Labute approximate surface area is 168 Å². The lowest BCUT2D eigenvalue weighted by Crippen LogP contribution is -2.43. The molecule has 0 fully saturated rings. The van der Waals surface area contributed by atoms with Crippen LogP contribution >= 0.6 is 0 Å². The number of aromatic nitrogens is 1. The zero-order chi connectivity index (χ0) is 21.7. The van der Waals surface area contributed by atoms with Gasteiger partial charge in [0, 0.05) is 29.9 Å². The Kier molecular flexibility index (Phi) is 7.33. The molecule has 2 rings (SSSR count). The van der Waals surface area contributed by atoms with Gasteiger partial charge < -0.3 is 26.5 Å². The van der Waals surface area contributed by atoms with Gasteiger partial charge in [-0.15, -0.1) is 0 Å².